The van der Waals surface area contributed by atoms with Crippen molar-refractivity contribution >= 4 is 0 Å². The van der Waals surface area contributed by atoms with Crippen LogP contribution >= 0.6 is 0 Å². The molecule has 1 rings (SSSR count). The molecule has 24 heavy (non-hydrogen) atoms. The molecule has 1 aliphatic rings. The number of rotatable bonds is 13. The maximum Gasteiger partial charge on any atom is 0.115 e. The predicted molar refractivity (Wildman–Crippen MR) is 95.4 cm³/mol. The zero-order valence-corrected chi connectivity index (χ0v) is 16.0. The Balaban J connectivity index is 2.79. The third-order valence-corrected chi connectivity index (χ3v) is 4.47. The van der Waals surface area contributed by atoms with Crippen molar-refractivity contribution in [2.24, 2.45) is 0 Å². The lowest BCUT2D eigenvalue weighted by Crippen LogP contribution is -2.60. The molecule has 1 aliphatic heterocycles. The Morgan fingerprint density at radius 1 is 0.750 bits per heavy atom. The fourth-order valence-corrected chi connectivity index (χ4v) is 2.96. The second kappa shape index (κ2) is 13.1. The highest BCUT2D eigenvalue weighted by molar-refractivity contribution is 4.94. The van der Waals surface area contributed by atoms with E-state index in [0.717, 1.165) is 38.5 Å². The van der Waals surface area contributed by atoms with Crippen molar-refractivity contribution in [2.45, 2.75) is 96.7 Å². The van der Waals surface area contributed by atoms with E-state index in [4.69, 9.17) is 18.9 Å². The summed E-state index contributed by atoms with van der Waals surface area (Å²) < 4.78 is 24.3. The predicted octanol–water partition coefficient (Wildman–Crippen LogP) is 3.32. The van der Waals surface area contributed by atoms with E-state index in [-0.39, 0.29) is 37.1 Å². The summed E-state index contributed by atoms with van der Waals surface area (Å²) in [5.41, 5.74) is 0. The molecule has 1 N–H and O–H groups in total. The largest absolute Gasteiger partial charge is 0.394 e. The van der Waals surface area contributed by atoms with Gasteiger partial charge in [-0.05, 0) is 26.2 Å². The van der Waals surface area contributed by atoms with Gasteiger partial charge in [0.25, 0.3) is 0 Å². The molecule has 1 fully saturated rings. The van der Waals surface area contributed by atoms with Crippen molar-refractivity contribution in [1.29, 1.82) is 0 Å². The van der Waals surface area contributed by atoms with Gasteiger partial charge in [-0.3, -0.25) is 0 Å². The monoisotopic (exact) mass is 346 g/mol. The molecule has 0 amide bonds. The van der Waals surface area contributed by atoms with Crippen LogP contribution in [0.5, 0.6) is 0 Å². The summed E-state index contributed by atoms with van der Waals surface area (Å²) in [5.74, 6) is 0. The van der Waals surface area contributed by atoms with Gasteiger partial charge in [0.05, 0.1) is 12.7 Å². The van der Waals surface area contributed by atoms with Crippen molar-refractivity contribution in [3.63, 3.8) is 0 Å². The summed E-state index contributed by atoms with van der Waals surface area (Å²) in [6.45, 7) is 10.4. The van der Waals surface area contributed by atoms with Gasteiger partial charge in [0.1, 0.15) is 24.4 Å². The maximum atomic E-state index is 9.72. The lowest BCUT2D eigenvalue weighted by atomic mass is 9.95. The third-order valence-electron chi connectivity index (χ3n) is 4.47. The molecule has 0 aromatic carbocycles. The SMILES string of the molecule is CCCCOC1[C@H](C)OC(CO)[C@@H](OCCCC)[C@@H]1OCCCC. The Morgan fingerprint density at radius 3 is 1.67 bits per heavy atom. The van der Waals surface area contributed by atoms with Gasteiger partial charge in [0, 0.05) is 19.8 Å². The molecule has 0 aromatic heterocycles. The maximum absolute atomic E-state index is 9.72. The molecular weight excluding hydrogens is 308 g/mol. The van der Waals surface area contributed by atoms with Crippen LogP contribution < -0.4 is 0 Å². The Morgan fingerprint density at radius 2 is 1.21 bits per heavy atom. The summed E-state index contributed by atoms with van der Waals surface area (Å²) >= 11 is 0. The number of unbranched alkanes of at least 4 members (excludes halogenated alkanes) is 3. The average molecular weight is 347 g/mol. The molecule has 0 radical (unpaired) electrons. The number of hydrogen-bond donors (Lipinski definition) is 1. The van der Waals surface area contributed by atoms with Crippen LogP contribution in [-0.2, 0) is 18.9 Å². The second-order valence-electron chi connectivity index (χ2n) is 6.63. The van der Waals surface area contributed by atoms with E-state index in [1.165, 1.54) is 0 Å². The molecule has 1 saturated heterocycles. The first kappa shape index (κ1) is 21.8. The van der Waals surface area contributed by atoms with E-state index < -0.39 is 0 Å². The minimum absolute atomic E-state index is 0.0591. The van der Waals surface area contributed by atoms with Crippen LogP contribution in [0.3, 0.4) is 0 Å². The first-order valence-corrected chi connectivity index (χ1v) is 9.80. The number of aliphatic hydroxyl groups excluding tert-OH is 1. The highest BCUT2D eigenvalue weighted by Gasteiger charge is 2.46. The topological polar surface area (TPSA) is 57.2 Å². The van der Waals surface area contributed by atoms with E-state index in [9.17, 15) is 5.11 Å². The summed E-state index contributed by atoms with van der Waals surface area (Å²) in [6, 6.07) is 0. The lowest BCUT2D eigenvalue weighted by molar-refractivity contribution is -0.259. The zero-order valence-electron chi connectivity index (χ0n) is 16.0. The minimum atomic E-state index is -0.352. The molecule has 0 aliphatic carbocycles. The Hall–Kier alpha value is -0.200. The normalized spacial score (nSPS) is 30.6. The van der Waals surface area contributed by atoms with Crippen LogP contribution in [0.4, 0.5) is 0 Å². The van der Waals surface area contributed by atoms with Crippen molar-refractivity contribution < 1.29 is 24.1 Å². The smallest absolute Gasteiger partial charge is 0.115 e. The van der Waals surface area contributed by atoms with Gasteiger partial charge >= 0.3 is 0 Å². The second-order valence-corrected chi connectivity index (χ2v) is 6.63. The van der Waals surface area contributed by atoms with Crippen LogP contribution in [-0.4, -0.2) is 62.1 Å². The van der Waals surface area contributed by atoms with Gasteiger partial charge in [-0.2, -0.15) is 0 Å². The van der Waals surface area contributed by atoms with Crippen LogP contribution in [0, 0.1) is 0 Å². The molecule has 144 valence electrons. The average Bonchev–Trinajstić information content (AvgIpc) is 2.58. The number of ether oxygens (including phenoxy) is 4. The first-order chi connectivity index (χ1) is 11.7. The standard InChI is InChI=1S/C19H38O5/c1-5-8-11-21-17-15(4)24-16(14-20)18(22-12-9-6-2)19(17)23-13-10-7-3/h15-20H,5-14H2,1-4H3/t15-,16?,17?,18+,19+/m0/s1. The van der Waals surface area contributed by atoms with E-state index in [0.29, 0.717) is 19.8 Å². The van der Waals surface area contributed by atoms with E-state index in [1.807, 2.05) is 6.92 Å². The van der Waals surface area contributed by atoms with Crippen LogP contribution in [0.1, 0.15) is 66.2 Å². The van der Waals surface area contributed by atoms with Crippen molar-refractivity contribution in [2.75, 3.05) is 26.4 Å². The molecule has 0 spiro atoms. The number of hydrogen-bond acceptors (Lipinski definition) is 5. The quantitative estimate of drug-likeness (QED) is 0.519. The molecule has 2 unspecified atom stereocenters. The van der Waals surface area contributed by atoms with Gasteiger partial charge in [0.2, 0.25) is 0 Å². The lowest BCUT2D eigenvalue weighted by Gasteiger charge is -2.45. The fourth-order valence-electron chi connectivity index (χ4n) is 2.96. The summed E-state index contributed by atoms with van der Waals surface area (Å²) in [5, 5.41) is 9.72. The fraction of sp³-hybridized carbons (Fsp3) is 1.00. The van der Waals surface area contributed by atoms with Crippen molar-refractivity contribution in [3.8, 4) is 0 Å². The van der Waals surface area contributed by atoms with E-state index >= 15 is 0 Å². The van der Waals surface area contributed by atoms with Gasteiger partial charge in [0.15, 0.2) is 0 Å². The first-order valence-electron chi connectivity index (χ1n) is 9.80. The zero-order chi connectivity index (χ0) is 17.8. The van der Waals surface area contributed by atoms with E-state index in [1.54, 1.807) is 0 Å². The van der Waals surface area contributed by atoms with Gasteiger partial charge in [-0.15, -0.1) is 0 Å². The van der Waals surface area contributed by atoms with Crippen molar-refractivity contribution in [3.05, 3.63) is 0 Å². The molecule has 1 heterocycles. The molecule has 0 aromatic rings. The summed E-state index contributed by atoms with van der Waals surface area (Å²) in [4.78, 5) is 0. The summed E-state index contributed by atoms with van der Waals surface area (Å²) in [7, 11) is 0. The van der Waals surface area contributed by atoms with Gasteiger partial charge in [-0.1, -0.05) is 40.0 Å². The Labute approximate surface area is 148 Å². The molecule has 5 atom stereocenters. The van der Waals surface area contributed by atoms with Gasteiger partial charge in [-0.25, -0.2) is 0 Å². The van der Waals surface area contributed by atoms with Crippen LogP contribution in [0.25, 0.3) is 0 Å². The molecule has 5 nitrogen and oxygen atoms in total. The highest BCUT2D eigenvalue weighted by atomic mass is 16.6. The van der Waals surface area contributed by atoms with Crippen molar-refractivity contribution in [1.82, 2.24) is 0 Å². The Bertz CT molecular complexity index is 299. The highest BCUT2D eigenvalue weighted by Crippen LogP contribution is 2.28. The Kier molecular flexibility index (Phi) is 11.9. The number of aliphatic hydroxyl groups is 1. The molecular formula is C19H38O5. The van der Waals surface area contributed by atoms with E-state index in [2.05, 4.69) is 20.8 Å². The van der Waals surface area contributed by atoms with Crippen LogP contribution in [0.2, 0.25) is 0 Å². The van der Waals surface area contributed by atoms with Crippen LogP contribution in [0.15, 0.2) is 0 Å². The summed E-state index contributed by atoms with van der Waals surface area (Å²) in [6.07, 6.45) is 5.21. The molecule has 5 heteroatoms. The van der Waals surface area contributed by atoms with Gasteiger partial charge < -0.3 is 24.1 Å². The molecule has 0 saturated carbocycles. The minimum Gasteiger partial charge on any atom is -0.394 e. The molecule has 0 bridgehead atoms. The third kappa shape index (κ3) is 6.96.